The smallest absolute Gasteiger partial charge is 0.303 e. The first kappa shape index (κ1) is 20.8. The van der Waals surface area contributed by atoms with Crippen LogP contribution in [0.1, 0.15) is 44.1 Å². The molecule has 7 nitrogen and oxygen atoms in total. The third-order valence-corrected chi connectivity index (χ3v) is 6.82. The Kier molecular flexibility index (Phi) is 6.74. The SMILES string of the molecule is O=C(O)CCC1CCCCC1NS(=O)(=O)c1cnn(Cc2ccc(Cl)cc2)c1. The molecule has 1 aromatic heterocycles. The van der Waals surface area contributed by atoms with E-state index < -0.39 is 16.0 Å². The molecule has 1 aliphatic rings. The van der Waals surface area contributed by atoms with Crippen LogP contribution in [0.3, 0.4) is 0 Å². The molecule has 28 heavy (non-hydrogen) atoms. The van der Waals surface area contributed by atoms with Gasteiger partial charge in [0.05, 0.1) is 12.7 Å². The van der Waals surface area contributed by atoms with E-state index in [0.29, 0.717) is 18.0 Å². The zero-order chi connectivity index (χ0) is 20.1. The lowest BCUT2D eigenvalue weighted by atomic mass is 9.82. The normalized spacial score (nSPS) is 20.2. The first-order valence-electron chi connectivity index (χ1n) is 9.34. The summed E-state index contributed by atoms with van der Waals surface area (Å²) in [6.07, 6.45) is 6.90. The van der Waals surface area contributed by atoms with Gasteiger partial charge in [-0.2, -0.15) is 5.10 Å². The van der Waals surface area contributed by atoms with Gasteiger partial charge < -0.3 is 5.11 Å². The van der Waals surface area contributed by atoms with Crippen molar-refractivity contribution in [3.8, 4) is 0 Å². The Morgan fingerprint density at radius 1 is 1.25 bits per heavy atom. The van der Waals surface area contributed by atoms with Gasteiger partial charge in [-0.15, -0.1) is 0 Å². The summed E-state index contributed by atoms with van der Waals surface area (Å²) in [6.45, 7) is 0.442. The van der Waals surface area contributed by atoms with Gasteiger partial charge in [-0.3, -0.25) is 9.48 Å². The van der Waals surface area contributed by atoms with E-state index in [9.17, 15) is 13.2 Å². The second kappa shape index (κ2) is 9.07. The third-order valence-electron chi connectivity index (χ3n) is 5.12. The predicted molar refractivity (Wildman–Crippen MR) is 106 cm³/mol. The summed E-state index contributed by atoms with van der Waals surface area (Å²) in [7, 11) is -3.71. The summed E-state index contributed by atoms with van der Waals surface area (Å²) in [4.78, 5) is 11.0. The first-order valence-corrected chi connectivity index (χ1v) is 11.2. The van der Waals surface area contributed by atoms with Crippen LogP contribution in [0.4, 0.5) is 0 Å². The first-order chi connectivity index (χ1) is 13.3. The van der Waals surface area contributed by atoms with E-state index in [1.165, 1.54) is 12.4 Å². The van der Waals surface area contributed by atoms with E-state index in [0.717, 1.165) is 31.2 Å². The van der Waals surface area contributed by atoms with E-state index >= 15 is 0 Å². The lowest BCUT2D eigenvalue weighted by molar-refractivity contribution is -0.137. The Balaban J connectivity index is 1.67. The summed E-state index contributed by atoms with van der Waals surface area (Å²) in [5.41, 5.74) is 0.963. The fraction of sp³-hybridized carbons (Fsp3) is 0.474. The highest BCUT2D eigenvalue weighted by molar-refractivity contribution is 7.89. The van der Waals surface area contributed by atoms with Gasteiger partial charge in [0, 0.05) is 23.7 Å². The minimum Gasteiger partial charge on any atom is -0.481 e. The average molecular weight is 426 g/mol. The minimum absolute atomic E-state index is 0.0451. The number of rotatable bonds is 8. The van der Waals surface area contributed by atoms with Gasteiger partial charge in [0.1, 0.15) is 4.90 Å². The van der Waals surface area contributed by atoms with Crippen LogP contribution < -0.4 is 4.72 Å². The topological polar surface area (TPSA) is 101 Å². The molecule has 0 bridgehead atoms. The summed E-state index contributed by atoms with van der Waals surface area (Å²) in [5, 5.41) is 13.7. The monoisotopic (exact) mass is 425 g/mol. The Morgan fingerprint density at radius 2 is 1.96 bits per heavy atom. The van der Waals surface area contributed by atoms with Gasteiger partial charge in [-0.05, 0) is 42.9 Å². The van der Waals surface area contributed by atoms with Gasteiger partial charge in [-0.1, -0.05) is 36.6 Å². The summed E-state index contributed by atoms with van der Waals surface area (Å²) in [6, 6.07) is 7.05. The number of aliphatic carboxylic acids is 1. The second-order valence-electron chi connectivity index (χ2n) is 7.20. The van der Waals surface area contributed by atoms with Crippen molar-refractivity contribution in [3.63, 3.8) is 0 Å². The number of hydrogen-bond acceptors (Lipinski definition) is 4. The lowest BCUT2D eigenvalue weighted by Gasteiger charge is -2.31. The largest absolute Gasteiger partial charge is 0.481 e. The van der Waals surface area contributed by atoms with E-state index in [1.54, 1.807) is 16.8 Å². The number of carboxylic acid groups (broad SMARTS) is 1. The predicted octanol–water partition coefficient (Wildman–Crippen LogP) is 3.29. The number of sulfonamides is 1. The number of benzene rings is 1. The Hall–Kier alpha value is -1.90. The second-order valence-corrected chi connectivity index (χ2v) is 9.36. The van der Waals surface area contributed by atoms with Crippen molar-refractivity contribution in [2.24, 2.45) is 5.92 Å². The number of carboxylic acids is 1. The molecular weight excluding hydrogens is 402 g/mol. The number of carbonyl (C=O) groups is 1. The van der Waals surface area contributed by atoms with Crippen molar-refractivity contribution < 1.29 is 18.3 Å². The molecule has 2 atom stereocenters. The molecule has 9 heteroatoms. The van der Waals surface area contributed by atoms with Crippen LogP contribution in [0.2, 0.25) is 5.02 Å². The van der Waals surface area contributed by atoms with Crippen LogP contribution >= 0.6 is 11.6 Å². The van der Waals surface area contributed by atoms with Gasteiger partial charge in [-0.25, -0.2) is 13.1 Å². The van der Waals surface area contributed by atoms with E-state index in [2.05, 4.69) is 9.82 Å². The van der Waals surface area contributed by atoms with Gasteiger partial charge in [0.15, 0.2) is 0 Å². The van der Waals surface area contributed by atoms with Crippen LogP contribution in [-0.2, 0) is 21.4 Å². The molecule has 0 saturated heterocycles. The van der Waals surface area contributed by atoms with Crippen molar-refractivity contribution in [2.75, 3.05) is 0 Å². The number of halogens is 1. The Morgan fingerprint density at radius 3 is 2.68 bits per heavy atom. The fourth-order valence-electron chi connectivity index (χ4n) is 3.63. The van der Waals surface area contributed by atoms with Crippen LogP contribution in [0.5, 0.6) is 0 Å². The molecule has 152 valence electrons. The van der Waals surface area contributed by atoms with E-state index in [4.69, 9.17) is 16.7 Å². The number of nitrogens with one attached hydrogen (secondary N) is 1. The van der Waals surface area contributed by atoms with Crippen LogP contribution in [0.15, 0.2) is 41.6 Å². The lowest BCUT2D eigenvalue weighted by Crippen LogP contribution is -2.42. The zero-order valence-corrected chi connectivity index (χ0v) is 17.0. The third kappa shape index (κ3) is 5.56. The van der Waals surface area contributed by atoms with Crippen molar-refractivity contribution in [3.05, 3.63) is 47.2 Å². The highest BCUT2D eigenvalue weighted by Crippen LogP contribution is 2.29. The van der Waals surface area contributed by atoms with Crippen LogP contribution in [0.25, 0.3) is 0 Å². The summed E-state index contributed by atoms with van der Waals surface area (Å²) >= 11 is 5.88. The standard InChI is InChI=1S/C19H24ClN3O4S/c20-16-8-5-14(6-9-16)12-23-13-17(11-21-23)28(26,27)22-18-4-2-1-3-15(18)7-10-19(24)25/h5-6,8-9,11,13,15,18,22H,1-4,7,10,12H2,(H,24,25). The molecular formula is C19H24ClN3O4S. The van der Waals surface area contributed by atoms with Gasteiger partial charge in [0.2, 0.25) is 10.0 Å². The Labute approximate surface area is 169 Å². The van der Waals surface area contributed by atoms with Crippen molar-refractivity contribution in [1.82, 2.24) is 14.5 Å². The summed E-state index contributed by atoms with van der Waals surface area (Å²) in [5.74, 6) is -0.806. The number of hydrogen-bond donors (Lipinski definition) is 2. The molecule has 0 amide bonds. The molecule has 2 aromatic rings. The molecule has 0 radical (unpaired) electrons. The molecule has 1 saturated carbocycles. The van der Waals surface area contributed by atoms with Crippen molar-refractivity contribution in [1.29, 1.82) is 0 Å². The number of aromatic nitrogens is 2. The maximum atomic E-state index is 12.8. The Bertz CT molecular complexity index is 912. The van der Waals surface area contributed by atoms with Crippen molar-refractivity contribution in [2.45, 2.75) is 56.0 Å². The molecule has 1 aliphatic carbocycles. The minimum atomic E-state index is -3.71. The van der Waals surface area contributed by atoms with Crippen molar-refractivity contribution >= 4 is 27.6 Å². The highest BCUT2D eigenvalue weighted by atomic mass is 35.5. The zero-order valence-electron chi connectivity index (χ0n) is 15.4. The molecule has 0 aliphatic heterocycles. The molecule has 1 fully saturated rings. The molecule has 1 heterocycles. The van der Waals surface area contributed by atoms with Crippen LogP contribution in [0, 0.1) is 5.92 Å². The van der Waals surface area contributed by atoms with Crippen LogP contribution in [-0.4, -0.2) is 35.3 Å². The average Bonchev–Trinajstić information content (AvgIpc) is 3.12. The maximum Gasteiger partial charge on any atom is 0.303 e. The molecule has 2 unspecified atom stereocenters. The van der Waals surface area contributed by atoms with E-state index in [1.807, 2.05) is 12.1 Å². The van der Waals surface area contributed by atoms with Gasteiger partial charge >= 0.3 is 5.97 Å². The number of nitrogens with zero attached hydrogens (tertiary/aromatic N) is 2. The van der Waals surface area contributed by atoms with Gasteiger partial charge in [0.25, 0.3) is 0 Å². The maximum absolute atomic E-state index is 12.8. The molecule has 0 spiro atoms. The summed E-state index contributed by atoms with van der Waals surface area (Å²) < 4.78 is 29.9. The fourth-order valence-corrected chi connectivity index (χ4v) is 5.05. The molecule has 2 N–H and O–H groups in total. The molecule has 3 rings (SSSR count). The molecule has 1 aromatic carbocycles. The highest BCUT2D eigenvalue weighted by Gasteiger charge is 2.30. The van der Waals surface area contributed by atoms with E-state index in [-0.39, 0.29) is 23.3 Å². The quantitative estimate of drug-likeness (QED) is 0.675.